The van der Waals surface area contributed by atoms with Crippen molar-refractivity contribution in [1.82, 2.24) is 9.88 Å². The quantitative estimate of drug-likeness (QED) is 0.429. The zero-order valence-corrected chi connectivity index (χ0v) is 13.1. The van der Waals surface area contributed by atoms with Crippen molar-refractivity contribution in [1.29, 1.82) is 0 Å². The fourth-order valence-electron chi connectivity index (χ4n) is 2.03. The van der Waals surface area contributed by atoms with Crippen LogP contribution in [0.4, 0.5) is 11.5 Å². The lowest BCUT2D eigenvalue weighted by atomic mass is 10.3. The molecule has 1 rings (SSSR count). The Balaban J connectivity index is 2.97. The van der Waals surface area contributed by atoms with Gasteiger partial charge in [-0.2, -0.15) is 4.98 Å². The summed E-state index contributed by atoms with van der Waals surface area (Å²) < 4.78 is 5.44. The van der Waals surface area contributed by atoms with Crippen LogP contribution in [0.1, 0.15) is 34.1 Å². The highest BCUT2D eigenvalue weighted by molar-refractivity contribution is 5.57. The van der Waals surface area contributed by atoms with Gasteiger partial charge in [0, 0.05) is 12.1 Å². The predicted octanol–water partition coefficient (Wildman–Crippen LogP) is 2.88. The van der Waals surface area contributed by atoms with E-state index in [9.17, 15) is 10.1 Å². The van der Waals surface area contributed by atoms with Gasteiger partial charge in [0.1, 0.15) is 0 Å². The van der Waals surface area contributed by atoms with Gasteiger partial charge in [0.05, 0.1) is 17.7 Å². The molecule has 1 aromatic rings. The molecule has 1 atom stereocenters. The summed E-state index contributed by atoms with van der Waals surface area (Å²) in [5.74, 6) is 0.643. The molecule has 0 aliphatic rings. The zero-order valence-electron chi connectivity index (χ0n) is 13.1. The van der Waals surface area contributed by atoms with E-state index in [0.717, 1.165) is 19.5 Å². The SMILES string of the molecule is CCCOc1ccc([N+](=O)[O-])c(NC(C)N(CC)CC)n1. The van der Waals surface area contributed by atoms with Crippen LogP contribution in [0.2, 0.25) is 0 Å². The first-order valence-corrected chi connectivity index (χ1v) is 7.32. The Morgan fingerprint density at radius 3 is 2.57 bits per heavy atom. The molecule has 1 N–H and O–H groups in total. The Kier molecular flexibility index (Phi) is 6.87. The number of nitro groups is 1. The predicted molar refractivity (Wildman–Crippen MR) is 82.7 cm³/mol. The molecule has 0 aliphatic carbocycles. The lowest BCUT2D eigenvalue weighted by Crippen LogP contribution is -2.38. The van der Waals surface area contributed by atoms with Gasteiger partial charge in [-0.1, -0.05) is 20.8 Å². The highest BCUT2D eigenvalue weighted by atomic mass is 16.6. The largest absolute Gasteiger partial charge is 0.478 e. The number of hydrogen-bond donors (Lipinski definition) is 1. The Hall–Kier alpha value is -1.89. The van der Waals surface area contributed by atoms with Crippen molar-refractivity contribution in [2.45, 2.75) is 40.3 Å². The third-order valence-corrected chi connectivity index (χ3v) is 3.20. The van der Waals surface area contributed by atoms with E-state index in [2.05, 4.69) is 15.2 Å². The van der Waals surface area contributed by atoms with Crippen LogP contribution < -0.4 is 10.1 Å². The fourth-order valence-corrected chi connectivity index (χ4v) is 2.03. The molecular weight excluding hydrogens is 272 g/mol. The number of anilines is 1. The van der Waals surface area contributed by atoms with E-state index >= 15 is 0 Å². The first kappa shape index (κ1) is 17.2. The van der Waals surface area contributed by atoms with Crippen LogP contribution in [-0.2, 0) is 0 Å². The first-order chi connectivity index (χ1) is 10.0. The van der Waals surface area contributed by atoms with Gasteiger partial charge in [0.15, 0.2) is 0 Å². The van der Waals surface area contributed by atoms with Crippen LogP contribution >= 0.6 is 0 Å². The topological polar surface area (TPSA) is 80.5 Å². The van der Waals surface area contributed by atoms with E-state index < -0.39 is 4.92 Å². The summed E-state index contributed by atoms with van der Waals surface area (Å²) in [6, 6.07) is 2.95. The van der Waals surface area contributed by atoms with Crippen molar-refractivity contribution in [2.24, 2.45) is 0 Å². The van der Waals surface area contributed by atoms with Gasteiger partial charge in [-0.25, -0.2) is 0 Å². The van der Waals surface area contributed by atoms with Crippen molar-refractivity contribution in [3.8, 4) is 5.88 Å². The number of ether oxygens (including phenoxy) is 1. The maximum absolute atomic E-state index is 11.1. The fraction of sp³-hybridized carbons (Fsp3) is 0.643. The number of aromatic nitrogens is 1. The minimum Gasteiger partial charge on any atom is -0.478 e. The van der Waals surface area contributed by atoms with Crippen molar-refractivity contribution in [3.63, 3.8) is 0 Å². The third kappa shape index (κ3) is 4.86. The smallest absolute Gasteiger partial charge is 0.311 e. The molecule has 0 fully saturated rings. The highest BCUT2D eigenvalue weighted by Crippen LogP contribution is 2.26. The van der Waals surface area contributed by atoms with Crippen LogP contribution in [0.3, 0.4) is 0 Å². The summed E-state index contributed by atoms with van der Waals surface area (Å²) in [5.41, 5.74) is -0.0437. The third-order valence-electron chi connectivity index (χ3n) is 3.20. The molecule has 7 heteroatoms. The minimum absolute atomic E-state index is 0.0437. The lowest BCUT2D eigenvalue weighted by molar-refractivity contribution is -0.384. The molecule has 0 saturated carbocycles. The van der Waals surface area contributed by atoms with E-state index in [1.165, 1.54) is 12.1 Å². The summed E-state index contributed by atoms with van der Waals surface area (Å²) in [6.45, 7) is 10.3. The average molecular weight is 296 g/mol. The molecule has 7 nitrogen and oxygen atoms in total. The van der Waals surface area contributed by atoms with Gasteiger partial charge in [-0.05, 0) is 26.4 Å². The molecule has 0 saturated heterocycles. The second-order valence-electron chi connectivity index (χ2n) is 4.66. The van der Waals surface area contributed by atoms with Gasteiger partial charge in [0.2, 0.25) is 11.7 Å². The summed E-state index contributed by atoms with van der Waals surface area (Å²) >= 11 is 0. The highest BCUT2D eigenvalue weighted by Gasteiger charge is 2.20. The Bertz CT molecular complexity index is 464. The monoisotopic (exact) mass is 296 g/mol. The first-order valence-electron chi connectivity index (χ1n) is 7.32. The van der Waals surface area contributed by atoms with Gasteiger partial charge in [0.25, 0.3) is 0 Å². The van der Waals surface area contributed by atoms with Crippen LogP contribution in [0, 0.1) is 10.1 Å². The molecule has 1 unspecified atom stereocenters. The molecule has 0 radical (unpaired) electrons. The molecule has 0 amide bonds. The van der Waals surface area contributed by atoms with Crippen molar-refractivity contribution < 1.29 is 9.66 Å². The number of nitrogens with zero attached hydrogens (tertiary/aromatic N) is 3. The maximum atomic E-state index is 11.1. The van der Waals surface area contributed by atoms with E-state index in [1.54, 1.807) is 0 Å². The van der Waals surface area contributed by atoms with Gasteiger partial charge in [-0.15, -0.1) is 0 Å². The molecular formula is C14H24N4O3. The number of pyridine rings is 1. The van der Waals surface area contributed by atoms with Crippen molar-refractivity contribution in [2.75, 3.05) is 25.0 Å². The van der Waals surface area contributed by atoms with Crippen LogP contribution in [0.15, 0.2) is 12.1 Å². The Morgan fingerprint density at radius 2 is 2.05 bits per heavy atom. The summed E-state index contributed by atoms with van der Waals surface area (Å²) in [7, 11) is 0. The Morgan fingerprint density at radius 1 is 1.38 bits per heavy atom. The molecule has 0 bridgehead atoms. The molecule has 1 heterocycles. The van der Waals surface area contributed by atoms with Crippen molar-refractivity contribution >= 4 is 11.5 Å². The van der Waals surface area contributed by atoms with E-state index in [0.29, 0.717) is 12.5 Å². The second-order valence-corrected chi connectivity index (χ2v) is 4.66. The number of rotatable bonds is 9. The molecule has 0 aromatic carbocycles. The summed E-state index contributed by atoms with van der Waals surface area (Å²) in [4.78, 5) is 17.0. The van der Waals surface area contributed by atoms with Crippen LogP contribution in [-0.4, -0.2) is 40.7 Å². The van der Waals surface area contributed by atoms with E-state index in [-0.39, 0.29) is 17.7 Å². The summed E-state index contributed by atoms with van der Waals surface area (Å²) in [5, 5.41) is 14.2. The van der Waals surface area contributed by atoms with Crippen molar-refractivity contribution in [3.05, 3.63) is 22.2 Å². The second kappa shape index (κ2) is 8.41. The van der Waals surface area contributed by atoms with E-state index in [4.69, 9.17) is 4.74 Å². The van der Waals surface area contributed by atoms with Gasteiger partial charge in [-0.3, -0.25) is 15.0 Å². The maximum Gasteiger partial charge on any atom is 0.311 e. The minimum atomic E-state index is -0.437. The van der Waals surface area contributed by atoms with Gasteiger partial charge >= 0.3 is 5.69 Å². The van der Waals surface area contributed by atoms with Crippen LogP contribution in [0.25, 0.3) is 0 Å². The number of hydrogen-bond acceptors (Lipinski definition) is 6. The Labute approximate surface area is 125 Å². The normalized spacial score (nSPS) is 12.2. The standard InChI is InChI=1S/C14H24N4O3/c1-5-10-21-13-9-8-12(18(19)20)14(16-13)15-11(4)17(6-2)7-3/h8-9,11H,5-7,10H2,1-4H3,(H,15,16). The molecule has 0 aliphatic heterocycles. The lowest BCUT2D eigenvalue weighted by Gasteiger charge is -2.27. The molecule has 0 spiro atoms. The molecule has 1 aromatic heterocycles. The summed E-state index contributed by atoms with van der Waals surface area (Å²) in [6.07, 6.45) is 0.810. The van der Waals surface area contributed by atoms with E-state index in [1.807, 2.05) is 27.7 Å². The van der Waals surface area contributed by atoms with Gasteiger partial charge < -0.3 is 10.1 Å². The van der Waals surface area contributed by atoms with Crippen LogP contribution in [0.5, 0.6) is 5.88 Å². The number of nitrogens with one attached hydrogen (secondary N) is 1. The molecule has 118 valence electrons. The molecule has 21 heavy (non-hydrogen) atoms. The average Bonchev–Trinajstić information content (AvgIpc) is 2.46. The zero-order chi connectivity index (χ0) is 15.8.